The maximum atomic E-state index is 12.9. The lowest BCUT2D eigenvalue weighted by atomic mass is 9.98. The molecule has 6 nitrogen and oxygen atoms in total. The number of ether oxygens (including phenoxy) is 1. The summed E-state index contributed by atoms with van der Waals surface area (Å²) in [6, 6.07) is 13.4. The van der Waals surface area contributed by atoms with Crippen LogP contribution >= 0.6 is 0 Å². The number of nitrogens with one attached hydrogen (secondary N) is 2. The third kappa shape index (κ3) is 2.83. The highest BCUT2D eigenvalue weighted by Gasteiger charge is 2.23. The molecule has 1 aromatic heterocycles. The smallest absolute Gasteiger partial charge is 0.262 e. The summed E-state index contributed by atoms with van der Waals surface area (Å²) in [5.74, 6) is 0.326. The summed E-state index contributed by atoms with van der Waals surface area (Å²) in [7, 11) is 0. The van der Waals surface area contributed by atoms with Gasteiger partial charge in [0.1, 0.15) is 5.75 Å². The molecule has 2 amide bonds. The summed E-state index contributed by atoms with van der Waals surface area (Å²) in [5, 5.41) is 3.95. The highest BCUT2D eigenvalue weighted by atomic mass is 16.5. The molecular weight excluding hydrogens is 354 g/mol. The SMILES string of the molecule is O=C1COc2cc(C(=O)N3CC=C(c4c[nH]c5ccccc45)CC3)ccc2N1. The number of benzene rings is 2. The van der Waals surface area contributed by atoms with Gasteiger partial charge in [0.15, 0.2) is 6.61 Å². The number of anilines is 1. The number of hydrogen-bond acceptors (Lipinski definition) is 3. The number of fused-ring (bicyclic) bond motifs is 2. The predicted molar refractivity (Wildman–Crippen MR) is 107 cm³/mol. The van der Waals surface area contributed by atoms with Crippen molar-refractivity contribution < 1.29 is 14.3 Å². The molecule has 0 saturated carbocycles. The Morgan fingerprint density at radius 1 is 1.14 bits per heavy atom. The van der Waals surface area contributed by atoms with E-state index in [2.05, 4.69) is 28.5 Å². The minimum atomic E-state index is -0.183. The quantitative estimate of drug-likeness (QED) is 0.723. The number of para-hydroxylation sites is 1. The van der Waals surface area contributed by atoms with Crippen molar-refractivity contribution in [1.29, 1.82) is 0 Å². The van der Waals surface area contributed by atoms with E-state index in [-0.39, 0.29) is 18.4 Å². The minimum absolute atomic E-state index is 0.0227. The zero-order chi connectivity index (χ0) is 19.1. The third-order valence-corrected chi connectivity index (χ3v) is 5.29. The fraction of sp³-hybridized carbons (Fsp3) is 0.182. The van der Waals surface area contributed by atoms with Crippen LogP contribution in [0.3, 0.4) is 0 Å². The molecule has 2 N–H and O–H groups in total. The van der Waals surface area contributed by atoms with Crippen molar-refractivity contribution in [3.63, 3.8) is 0 Å². The second-order valence-corrected chi connectivity index (χ2v) is 7.03. The lowest BCUT2D eigenvalue weighted by Gasteiger charge is -2.27. The van der Waals surface area contributed by atoms with Crippen LogP contribution in [0.25, 0.3) is 16.5 Å². The average Bonchev–Trinajstić information content (AvgIpc) is 3.17. The molecule has 0 saturated heterocycles. The summed E-state index contributed by atoms with van der Waals surface area (Å²) >= 11 is 0. The standard InChI is InChI=1S/C22H19N3O3/c26-21-13-28-20-11-15(5-6-19(20)24-21)22(27)25-9-7-14(8-10-25)17-12-23-18-4-2-1-3-16(17)18/h1-7,11-12,23H,8-10,13H2,(H,24,26). The van der Waals surface area contributed by atoms with Crippen molar-refractivity contribution in [1.82, 2.24) is 9.88 Å². The van der Waals surface area contributed by atoms with Crippen LogP contribution in [-0.4, -0.2) is 41.4 Å². The molecule has 140 valence electrons. The van der Waals surface area contributed by atoms with Crippen molar-refractivity contribution in [2.75, 3.05) is 25.0 Å². The van der Waals surface area contributed by atoms with Gasteiger partial charge in [0.25, 0.3) is 11.8 Å². The second kappa shape index (κ2) is 6.56. The van der Waals surface area contributed by atoms with E-state index < -0.39 is 0 Å². The lowest BCUT2D eigenvalue weighted by Crippen LogP contribution is -2.34. The molecule has 0 fully saturated rings. The summed E-state index contributed by atoms with van der Waals surface area (Å²) in [5.41, 5.74) is 4.77. The highest BCUT2D eigenvalue weighted by Crippen LogP contribution is 2.31. The number of amides is 2. The van der Waals surface area contributed by atoms with Crippen LogP contribution in [0.5, 0.6) is 5.75 Å². The largest absolute Gasteiger partial charge is 0.482 e. The Balaban J connectivity index is 1.35. The zero-order valence-corrected chi connectivity index (χ0v) is 15.2. The first-order chi connectivity index (χ1) is 13.7. The van der Waals surface area contributed by atoms with Gasteiger partial charge < -0.3 is 19.9 Å². The molecule has 0 bridgehead atoms. The van der Waals surface area contributed by atoms with Gasteiger partial charge in [-0.3, -0.25) is 9.59 Å². The summed E-state index contributed by atoms with van der Waals surface area (Å²) in [6.07, 6.45) is 4.99. The van der Waals surface area contributed by atoms with Crippen LogP contribution in [-0.2, 0) is 4.79 Å². The van der Waals surface area contributed by atoms with Crippen molar-refractivity contribution in [3.05, 3.63) is 65.9 Å². The van der Waals surface area contributed by atoms with E-state index in [4.69, 9.17) is 4.74 Å². The summed E-state index contributed by atoms with van der Waals surface area (Å²) in [6.45, 7) is 1.21. The molecule has 3 aromatic rings. The molecule has 0 radical (unpaired) electrons. The van der Waals surface area contributed by atoms with E-state index in [1.807, 2.05) is 23.2 Å². The van der Waals surface area contributed by atoms with Crippen LogP contribution < -0.4 is 10.1 Å². The van der Waals surface area contributed by atoms with Gasteiger partial charge in [0, 0.05) is 41.3 Å². The number of carbonyl (C=O) groups is 2. The molecule has 2 aliphatic rings. The Bertz CT molecular complexity index is 1130. The summed E-state index contributed by atoms with van der Waals surface area (Å²) < 4.78 is 5.42. The van der Waals surface area contributed by atoms with Gasteiger partial charge in [0.2, 0.25) is 0 Å². The van der Waals surface area contributed by atoms with Gasteiger partial charge in [0.05, 0.1) is 5.69 Å². The molecule has 3 heterocycles. The fourth-order valence-electron chi connectivity index (χ4n) is 3.83. The number of hydrogen-bond donors (Lipinski definition) is 2. The molecular formula is C22H19N3O3. The molecule has 28 heavy (non-hydrogen) atoms. The first kappa shape index (κ1) is 16.6. The number of aromatic nitrogens is 1. The number of nitrogens with zero attached hydrogens (tertiary/aromatic N) is 1. The molecule has 5 rings (SSSR count). The minimum Gasteiger partial charge on any atom is -0.482 e. The molecule has 0 unspecified atom stereocenters. The molecule has 0 spiro atoms. The van der Waals surface area contributed by atoms with E-state index in [1.165, 1.54) is 16.5 Å². The van der Waals surface area contributed by atoms with Crippen LogP contribution in [0, 0.1) is 0 Å². The van der Waals surface area contributed by atoms with Gasteiger partial charge in [-0.15, -0.1) is 0 Å². The van der Waals surface area contributed by atoms with E-state index >= 15 is 0 Å². The van der Waals surface area contributed by atoms with Gasteiger partial charge in [-0.05, 0) is 36.3 Å². The highest BCUT2D eigenvalue weighted by molar-refractivity contribution is 5.99. The van der Waals surface area contributed by atoms with Crippen molar-refractivity contribution in [2.45, 2.75) is 6.42 Å². The molecule has 2 aliphatic heterocycles. The number of rotatable bonds is 2. The fourth-order valence-corrected chi connectivity index (χ4v) is 3.83. The van der Waals surface area contributed by atoms with Crippen molar-refractivity contribution in [2.24, 2.45) is 0 Å². The Hall–Kier alpha value is -3.54. The normalized spacial score (nSPS) is 16.2. The zero-order valence-electron chi connectivity index (χ0n) is 15.2. The van der Waals surface area contributed by atoms with Crippen molar-refractivity contribution in [3.8, 4) is 5.75 Å². The Morgan fingerprint density at radius 3 is 2.89 bits per heavy atom. The first-order valence-electron chi connectivity index (χ1n) is 9.30. The Morgan fingerprint density at radius 2 is 2.04 bits per heavy atom. The van der Waals surface area contributed by atoms with E-state index in [1.54, 1.807) is 18.2 Å². The van der Waals surface area contributed by atoms with Gasteiger partial charge >= 0.3 is 0 Å². The summed E-state index contributed by atoms with van der Waals surface area (Å²) in [4.78, 5) is 29.4. The number of H-pyrrole nitrogens is 1. The second-order valence-electron chi connectivity index (χ2n) is 7.03. The van der Waals surface area contributed by atoms with Gasteiger partial charge in [-0.2, -0.15) is 0 Å². The van der Waals surface area contributed by atoms with Crippen molar-refractivity contribution >= 4 is 34.0 Å². The topological polar surface area (TPSA) is 74.4 Å². The van der Waals surface area contributed by atoms with Gasteiger partial charge in [-0.1, -0.05) is 24.3 Å². The van der Waals surface area contributed by atoms with Crippen LogP contribution in [0.2, 0.25) is 0 Å². The van der Waals surface area contributed by atoms with Crippen LogP contribution in [0.1, 0.15) is 22.3 Å². The molecule has 2 aromatic carbocycles. The monoisotopic (exact) mass is 373 g/mol. The number of aromatic amines is 1. The van der Waals surface area contributed by atoms with E-state index in [0.29, 0.717) is 30.1 Å². The maximum absolute atomic E-state index is 12.9. The lowest BCUT2D eigenvalue weighted by molar-refractivity contribution is -0.118. The first-order valence-corrected chi connectivity index (χ1v) is 9.30. The van der Waals surface area contributed by atoms with E-state index in [9.17, 15) is 9.59 Å². The Kier molecular flexibility index (Phi) is 3.90. The van der Waals surface area contributed by atoms with E-state index in [0.717, 1.165) is 11.9 Å². The molecule has 0 atom stereocenters. The van der Waals surface area contributed by atoms with Crippen LogP contribution in [0.15, 0.2) is 54.7 Å². The third-order valence-electron chi connectivity index (χ3n) is 5.29. The van der Waals surface area contributed by atoms with Crippen LogP contribution in [0.4, 0.5) is 5.69 Å². The van der Waals surface area contributed by atoms with Gasteiger partial charge in [-0.25, -0.2) is 0 Å². The Labute approximate surface area is 161 Å². The maximum Gasteiger partial charge on any atom is 0.262 e. The number of carbonyl (C=O) groups excluding carboxylic acids is 2. The average molecular weight is 373 g/mol. The molecule has 0 aliphatic carbocycles. The molecule has 6 heteroatoms. The predicted octanol–water partition coefficient (Wildman–Crippen LogP) is 3.43.